The van der Waals surface area contributed by atoms with Gasteiger partial charge in [-0.2, -0.15) is 0 Å². The van der Waals surface area contributed by atoms with Crippen LogP contribution in [0.25, 0.3) is 11.1 Å². The lowest BCUT2D eigenvalue weighted by Crippen LogP contribution is -2.35. The number of benzene rings is 3. The Balaban J connectivity index is 2.06. The molecule has 0 unspecified atom stereocenters. The van der Waals surface area contributed by atoms with Gasteiger partial charge in [-0.3, -0.25) is 10.1 Å². The van der Waals surface area contributed by atoms with Crippen LogP contribution in [0, 0.1) is 25.5 Å². The average Bonchev–Trinajstić information content (AvgIpc) is 2.69. The Morgan fingerprint density at radius 1 is 1.03 bits per heavy atom. The molecule has 11 heteroatoms. The lowest BCUT2D eigenvalue weighted by atomic mass is 9.94. The van der Waals surface area contributed by atoms with Crippen molar-refractivity contribution in [1.29, 1.82) is 0 Å². The van der Waals surface area contributed by atoms with Gasteiger partial charge in [-0.25, -0.2) is 8.78 Å². The first kappa shape index (κ1) is 25.6. The SMILES string of the molecule is Cc1cc(Oc2cc(Cl)c(Br)cc2Cl)c(Cl)c(C)c1-c1cc(F)c(C(=O)NC(N)=S)c(F)c1. The number of hydrogen-bond donors (Lipinski definition) is 2. The van der Waals surface area contributed by atoms with E-state index in [1.165, 1.54) is 6.07 Å². The lowest BCUT2D eigenvalue weighted by molar-refractivity contribution is 0.0969. The van der Waals surface area contributed by atoms with Crippen molar-refractivity contribution in [3.63, 3.8) is 0 Å². The second-order valence-corrected chi connectivity index (χ2v) is 9.42. The summed E-state index contributed by atoms with van der Waals surface area (Å²) >= 11 is 26.7. The second-order valence-electron chi connectivity index (χ2n) is 6.94. The third-order valence-electron chi connectivity index (χ3n) is 4.65. The van der Waals surface area contributed by atoms with E-state index in [9.17, 15) is 13.6 Å². The minimum absolute atomic E-state index is 0.185. The monoisotopic (exact) mass is 592 g/mol. The summed E-state index contributed by atoms with van der Waals surface area (Å²) in [6.07, 6.45) is 0. The predicted octanol–water partition coefficient (Wildman–Crippen LogP) is 7.74. The number of ether oxygens (including phenoxy) is 1. The molecule has 0 saturated carbocycles. The Morgan fingerprint density at radius 2 is 1.64 bits per heavy atom. The summed E-state index contributed by atoms with van der Waals surface area (Å²) in [7, 11) is 0. The maximum atomic E-state index is 14.7. The summed E-state index contributed by atoms with van der Waals surface area (Å²) in [5.41, 5.74) is 6.20. The van der Waals surface area contributed by atoms with Gasteiger partial charge in [-0.05, 0) is 88.5 Å². The van der Waals surface area contributed by atoms with Crippen molar-refractivity contribution < 1.29 is 18.3 Å². The molecule has 0 aliphatic carbocycles. The maximum absolute atomic E-state index is 14.7. The smallest absolute Gasteiger partial charge is 0.263 e. The zero-order valence-corrected chi connectivity index (χ0v) is 21.6. The molecule has 3 N–H and O–H groups in total. The van der Waals surface area contributed by atoms with Gasteiger partial charge in [0.2, 0.25) is 0 Å². The molecule has 172 valence electrons. The number of carbonyl (C=O) groups excluding carboxylic acids is 1. The van der Waals surface area contributed by atoms with E-state index >= 15 is 0 Å². The van der Waals surface area contributed by atoms with Crippen molar-refractivity contribution >= 4 is 74.0 Å². The third-order valence-corrected chi connectivity index (χ3v) is 6.72. The molecule has 0 radical (unpaired) electrons. The van der Waals surface area contributed by atoms with E-state index in [0.717, 1.165) is 12.1 Å². The minimum Gasteiger partial charge on any atom is -0.454 e. The fraction of sp³-hybridized carbons (Fsp3) is 0.0909. The molecule has 0 heterocycles. The topological polar surface area (TPSA) is 64.3 Å². The molecule has 0 atom stereocenters. The van der Waals surface area contributed by atoms with Crippen LogP contribution in [0.3, 0.4) is 0 Å². The Hall–Kier alpha value is -1.97. The van der Waals surface area contributed by atoms with Crippen molar-refractivity contribution in [3.05, 3.63) is 78.2 Å². The number of nitrogens with two attached hydrogens (primary N) is 1. The summed E-state index contributed by atoms with van der Waals surface area (Å²) in [6.45, 7) is 3.40. The number of halogens is 6. The molecule has 0 bridgehead atoms. The van der Waals surface area contributed by atoms with Gasteiger partial charge in [-0.1, -0.05) is 34.8 Å². The molecule has 0 aliphatic heterocycles. The third kappa shape index (κ3) is 5.41. The van der Waals surface area contributed by atoms with E-state index in [0.29, 0.717) is 31.2 Å². The number of amides is 1. The van der Waals surface area contributed by atoms with Crippen LogP contribution < -0.4 is 15.8 Å². The fourth-order valence-electron chi connectivity index (χ4n) is 3.25. The van der Waals surface area contributed by atoms with Gasteiger partial charge in [0, 0.05) is 10.5 Å². The Kier molecular flexibility index (Phi) is 7.86. The van der Waals surface area contributed by atoms with Gasteiger partial charge in [0.25, 0.3) is 5.91 Å². The van der Waals surface area contributed by atoms with Crippen LogP contribution in [-0.4, -0.2) is 11.0 Å². The number of rotatable bonds is 4. The first-order valence-electron chi connectivity index (χ1n) is 9.13. The van der Waals surface area contributed by atoms with Gasteiger partial charge in [0.15, 0.2) is 5.11 Å². The zero-order valence-electron chi connectivity index (χ0n) is 17.0. The van der Waals surface area contributed by atoms with Gasteiger partial charge in [0.1, 0.15) is 28.7 Å². The molecule has 0 saturated heterocycles. The standard InChI is InChI=1S/C22H14BrCl3F2N2O2S/c1-8-3-17(32-16-7-12(24)11(23)6-13(16)25)20(26)9(2)18(8)10-4-14(27)19(15(28)5-10)21(31)30-22(29)33/h3-7H,1-2H3,(H3,29,30,31,33). The number of hydrogen-bond acceptors (Lipinski definition) is 3. The van der Waals surface area contributed by atoms with Gasteiger partial charge < -0.3 is 10.5 Å². The van der Waals surface area contributed by atoms with Crippen LogP contribution in [0.4, 0.5) is 8.78 Å². The van der Waals surface area contributed by atoms with Crippen LogP contribution in [0.1, 0.15) is 21.5 Å². The summed E-state index contributed by atoms with van der Waals surface area (Å²) < 4.78 is 35.8. The predicted molar refractivity (Wildman–Crippen MR) is 135 cm³/mol. The second kappa shape index (κ2) is 10.1. The number of carbonyl (C=O) groups is 1. The highest BCUT2D eigenvalue weighted by atomic mass is 79.9. The molecule has 33 heavy (non-hydrogen) atoms. The number of nitrogens with one attached hydrogen (secondary N) is 1. The highest BCUT2D eigenvalue weighted by Crippen LogP contribution is 2.43. The quantitative estimate of drug-likeness (QED) is 0.240. The van der Waals surface area contributed by atoms with Crippen molar-refractivity contribution in [2.45, 2.75) is 13.8 Å². The highest BCUT2D eigenvalue weighted by molar-refractivity contribution is 9.10. The van der Waals surface area contributed by atoms with E-state index in [2.05, 4.69) is 28.1 Å². The Labute approximate surface area is 217 Å². The van der Waals surface area contributed by atoms with Gasteiger partial charge in [-0.15, -0.1) is 0 Å². The van der Waals surface area contributed by atoms with Crippen LogP contribution >= 0.6 is 63.0 Å². The molecule has 3 aromatic carbocycles. The minimum atomic E-state index is -1.08. The maximum Gasteiger partial charge on any atom is 0.263 e. The van der Waals surface area contributed by atoms with E-state index < -0.39 is 28.2 Å². The summed E-state index contributed by atoms with van der Waals surface area (Å²) in [6, 6.07) is 6.80. The van der Waals surface area contributed by atoms with E-state index in [1.54, 1.807) is 26.0 Å². The molecular formula is C22H14BrCl3F2N2O2S. The Morgan fingerprint density at radius 3 is 2.21 bits per heavy atom. The van der Waals surface area contributed by atoms with Gasteiger partial charge >= 0.3 is 0 Å². The first-order valence-corrected chi connectivity index (χ1v) is 11.5. The van der Waals surface area contributed by atoms with Crippen LogP contribution in [0.5, 0.6) is 11.5 Å². The number of aryl methyl sites for hydroxylation is 1. The largest absolute Gasteiger partial charge is 0.454 e. The van der Waals surface area contributed by atoms with E-state index in [4.69, 9.17) is 45.3 Å². The Bertz CT molecular complexity index is 1300. The molecule has 3 aromatic rings. The molecule has 0 aromatic heterocycles. The molecule has 0 spiro atoms. The van der Waals surface area contributed by atoms with E-state index in [1.807, 2.05) is 5.32 Å². The van der Waals surface area contributed by atoms with Crippen molar-refractivity contribution in [3.8, 4) is 22.6 Å². The molecule has 0 fully saturated rings. The van der Waals surface area contributed by atoms with Crippen molar-refractivity contribution in [2.75, 3.05) is 0 Å². The zero-order chi connectivity index (χ0) is 24.6. The summed E-state index contributed by atoms with van der Waals surface area (Å²) in [5.74, 6) is -2.67. The summed E-state index contributed by atoms with van der Waals surface area (Å²) in [4.78, 5) is 12.0. The lowest BCUT2D eigenvalue weighted by Gasteiger charge is -2.18. The molecule has 0 aliphatic rings. The van der Waals surface area contributed by atoms with Crippen LogP contribution in [-0.2, 0) is 0 Å². The van der Waals surface area contributed by atoms with Crippen LogP contribution in [0.15, 0.2) is 34.8 Å². The van der Waals surface area contributed by atoms with Gasteiger partial charge in [0.05, 0.1) is 15.1 Å². The molecule has 1 amide bonds. The molecular weight excluding hydrogens is 581 g/mol. The van der Waals surface area contributed by atoms with E-state index in [-0.39, 0.29) is 22.1 Å². The molecule has 4 nitrogen and oxygen atoms in total. The normalized spacial score (nSPS) is 10.8. The first-order chi connectivity index (χ1) is 15.4. The average molecular weight is 595 g/mol. The summed E-state index contributed by atoms with van der Waals surface area (Å²) in [5, 5.41) is 2.51. The molecule has 3 rings (SSSR count). The number of thiocarbonyl (C=S) groups is 1. The fourth-order valence-corrected chi connectivity index (χ4v) is 4.36. The van der Waals surface area contributed by atoms with Crippen LogP contribution in [0.2, 0.25) is 15.1 Å². The van der Waals surface area contributed by atoms with Crippen molar-refractivity contribution in [2.24, 2.45) is 5.73 Å². The highest BCUT2D eigenvalue weighted by Gasteiger charge is 2.22. The van der Waals surface area contributed by atoms with Crippen molar-refractivity contribution in [1.82, 2.24) is 5.32 Å².